The van der Waals surface area contributed by atoms with Gasteiger partial charge in [0.1, 0.15) is 6.54 Å². The summed E-state index contributed by atoms with van der Waals surface area (Å²) >= 11 is 1.46. The van der Waals surface area contributed by atoms with Gasteiger partial charge in [-0.3, -0.25) is 9.59 Å². The molecular formula is C14H16N2O4S2. The molecule has 1 unspecified atom stereocenters. The van der Waals surface area contributed by atoms with Crippen LogP contribution in [-0.4, -0.2) is 50.1 Å². The summed E-state index contributed by atoms with van der Waals surface area (Å²) < 4.78 is 22.8. The maximum Gasteiger partial charge on any atom is 0.240 e. The van der Waals surface area contributed by atoms with Crippen molar-refractivity contribution >= 4 is 39.1 Å². The van der Waals surface area contributed by atoms with E-state index in [9.17, 15) is 18.0 Å². The van der Waals surface area contributed by atoms with E-state index in [1.165, 1.54) is 16.7 Å². The number of sulfone groups is 1. The Kier molecular flexibility index (Phi) is 4.14. The molecule has 0 spiro atoms. The summed E-state index contributed by atoms with van der Waals surface area (Å²) in [5.74, 6) is -0.0311. The molecule has 1 aromatic carbocycles. The van der Waals surface area contributed by atoms with Gasteiger partial charge in [0.15, 0.2) is 9.84 Å². The quantitative estimate of drug-likeness (QED) is 0.863. The molecule has 1 saturated heterocycles. The second-order valence-electron chi connectivity index (χ2n) is 5.40. The fourth-order valence-corrected chi connectivity index (χ4v) is 5.26. The van der Waals surface area contributed by atoms with Gasteiger partial charge in [-0.1, -0.05) is 12.1 Å². The maximum absolute atomic E-state index is 12.1. The first-order chi connectivity index (χ1) is 10.4. The van der Waals surface area contributed by atoms with E-state index in [0.29, 0.717) is 12.2 Å². The molecule has 2 aliphatic heterocycles. The van der Waals surface area contributed by atoms with Gasteiger partial charge in [0.25, 0.3) is 0 Å². The number of nitrogens with zero attached hydrogens (tertiary/aromatic N) is 1. The summed E-state index contributed by atoms with van der Waals surface area (Å²) in [7, 11) is -3.03. The van der Waals surface area contributed by atoms with Gasteiger partial charge in [0.05, 0.1) is 22.9 Å². The average molecular weight is 340 g/mol. The highest BCUT2D eigenvalue weighted by atomic mass is 32.2. The predicted molar refractivity (Wildman–Crippen MR) is 84.7 cm³/mol. The standard InChI is InChI=1S/C14H16N2O4S2/c17-13(15-10-5-6-22(19,20)9-10)7-16-11-3-1-2-4-12(11)21-8-14(16)18/h1-4,10H,5-9H2,(H,15,17). The Balaban J connectivity index is 1.68. The molecule has 6 nitrogen and oxygen atoms in total. The van der Waals surface area contributed by atoms with E-state index >= 15 is 0 Å². The van der Waals surface area contributed by atoms with Gasteiger partial charge in [-0.25, -0.2) is 8.42 Å². The monoisotopic (exact) mass is 340 g/mol. The van der Waals surface area contributed by atoms with Gasteiger partial charge < -0.3 is 10.2 Å². The van der Waals surface area contributed by atoms with E-state index in [4.69, 9.17) is 0 Å². The molecule has 118 valence electrons. The van der Waals surface area contributed by atoms with Crippen LogP contribution in [0.4, 0.5) is 5.69 Å². The zero-order chi connectivity index (χ0) is 15.7. The Morgan fingerprint density at radius 3 is 2.86 bits per heavy atom. The number of benzene rings is 1. The lowest BCUT2D eigenvalue weighted by atomic mass is 10.2. The van der Waals surface area contributed by atoms with Crippen LogP contribution in [0.15, 0.2) is 29.2 Å². The van der Waals surface area contributed by atoms with Crippen LogP contribution < -0.4 is 10.2 Å². The van der Waals surface area contributed by atoms with E-state index in [0.717, 1.165) is 10.6 Å². The molecule has 3 rings (SSSR count). The lowest BCUT2D eigenvalue weighted by Gasteiger charge is -2.28. The molecule has 1 aromatic rings. The Bertz CT molecular complexity index is 717. The van der Waals surface area contributed by atoms with Gasteiger partial charge in [-0.05, 0) is 18.6 Å². The van der Waals surface area contributed by atoms with E-state index in [2.05, 4.69) is 5.32 Å². The number of fused-ring (bicyclic) bond motifs is 1. The molecule has 8 heteroatoms. The first kappa shape index (κ1) is 15.4. The maximum atomic E-state index is 12.1. The van der Waals surface area contributed by atoms with Crippen molar-refractivity contribution in [3.05, 3.63) is 24.3 Å². The normalized spacial score (nSPS) is 23.2. The molecule has 2 amide bonds. The Morgan fingerprint density at radius 2 is 2.14 bits per heavy atom. The number of hydrogen-bond donors (Lipinski definition) is 1. The number of carbonyl (C=O) groups is 2. The minimum atomic E-state index is -3.03. The second-order valence-corrected chi connectivity index (χ2v) is 8.65. The molecule has 0 aromatic heterocycles. The predicted octanol–water partition coefficient (Wildman–Crippen LogP) is 0.429. The summed E-state index contributed by atoms with van der Waals surface area (Å²) in [6, 6.07) is 7.10. The first-order valence-electron chi connectivity index (χ1n) is 6.96. The van der Waals surface area contributed by atoms with Crippen molar-refractivity contribution in [3.8, 4) is 0 Å². The van der Waals surface area contributed by atoms with E-state index < -0.39 is 9.84 Å². The van der Waals surface area contributed by atoms with Crippen LogP contribution in [0.1, 0.15) is 6.42 Å². The summed E-state index contributed by atoms with van der Waals surface area (Å²) in [4.78, 5) is 26.6. The highest BCUT2D eigenvalue weighted by molar-refractivity contribution is 8.00. The minimum absolute atomic E-state index is 0.0148. The molecule has 1 fully saturated rings. The molecule has 22 heavy (non-hydrogen) atoms. The minimum Gasteiger partial charge on any atom is -0.351 e. The highest BCUT2D eigenvalue weighted by Gasteiger charge is 2.31. The number of hydrogen-bond acceptors (Lipinski definition) is 5. The number of rotatable bonds is 3. The van der Waals surface area contributed by atoms with Gasteiger partial charge in [-0.15, -0.1) is 11.8 Å². The fourth-order valence-electron chi connectivity index (χ4n) is 2.65. The Morgan fingerprint density at radius 1 is 1.36 bits per heavy atom. The van der Waals surface area contributed by atoms with Crippen LogP contribution in [0.3, 0.4) is 0 Å². The van der Waals surface area contributed by atoms with Crippen molar-refractivity contribution in [1.82, 2.24) is 5.32 Å². The van der Waals surface area contributed by atoms with Gasteiger partial charge in [0.2, 0.25) is 11.8 Å². The molecule has 0 radical (unpaired) electrons. The molecule has 0 bridgehead atoms. The zero-order valence-corrected chi connectivity index (χ0v) is 13.5. The van der Waals surface area contributed by atoms with Gasteiger partial charge >= 0.3 is 0 Å². The van der Waals surface area contributed by atoms with E-state index in [1.807, 2.05) is 24.3 Å². The SMILES string of the molecule is O=C(CN1C(=O)CSc2ccccc21)NC1CCS(=O)(=O)C1. The van der Waals surface area contributed by atoms with E-state index in [1.54, 1.807) is 0 Å². The van der Waals surface area contributed by atoms with Crippen molar-refractivity contribution in [2.24, 2.45) is 0 Å². The van der Waals surface area contributed by atoms with Crippen molar-refractivity contribution < 1.29 is 18.0 Å². The molecule has 2 heterocycles. The first-order valence-corrected chi connectivity index (χ1v) is 9.77. The van der Waals surface area contributed by atoms with Crippen LogP contribution in [0, 0.1) is 0 Å². The summed E-state index contributed by atoms with van der Waals surface area (Å²) in [5, 5.41) is 2.71. The van der Waals surface area contributed by atoms with Crippen molar-refractivity contribution in [3.63, 3.8) is 0 Å². The Labute approximate surface area is 133 Å². The van der Waals surface area contributed by atoms with Crippen LogP contribution >= 0.6 is 11.8 Å². The number of thioether (sulfide) groups is 1. The lowest BCUT2D eigenvalue weighted by Crippen LogP contribution is -2.46. The van der Waals surface area contributed by atoms with Crippen LogP contribution in [0.2, 0.25) is 0 Å². The molecule has 2 aliphatic rings. The summed E-state index contributed by atoms with van der Waals surface area (Å²) in [6.45, 7) is -0.0764. The molecule has 0 saturated carbocycles. The Hall–Kier alpha value is -1.54. The number of amides is 2. The fraction of sp³-hybridized carbons (Fsp3) is 0.429. The third-order valence-electron chi connectivity index (χ3n) is 3.71. The van der Waals surface area contributed by atoms with E-state index in [-0.39, 0.29) is 35.9 Å². The largest absolute Gasteiger partial charge is 0.351 e. The van der Waals surface area contributed by atoms with Crippen molar-refractivity contribution in [1.29, 1.82) is 0 Å². The summed E-state index contributed by atoms with van der Waals surface area (Å²) in [5.41, 5.74) is 0.734. The highest BCUT2D eigenvalue weighted by Crippen LogP contribution is 2.34. The summed E-state index contributed by atoms with van der Waals surface area (Å²) in [6.07, 6.45) is 0.439. The third-order valence-corrected chi connectivity index (χ3v) is 6.52. The van der Waals surface area contributed by atoms with Crippen LogP contribution in [0.5, 0.6) is 0 Å². The van der Waals surface area contributed by atoms with Crippen molar-refractivity contribution in [2.45, 2.75) is 17.4 Å². The number of nitrogens with one attached hydrogen (secondary N) is 1. The van der Waals surface area contributed by atoms with Gasteiger partial charge in [0, 0.05) is 10.9 Å². The number of anilines is 1. The molecule has 1 N–H and O–H groups in total. The van der Waals surface area contributed by atoms with Crippen molar-refractivity contribution in [2.75, 3.05) is 28.7 Å². The number of para-hydroxylation sites is 1. The number of carbonyl (C=O) groups excluding carboxylic acids is 2. The molecule has 0 aliphatic carbocycles. The third kappa shape index (κ3) is 3.27. The lowest BCUT2D eigenvalue weighted by molar-refractivity contribution is -0.123. The van der Waals surface area contributed by atoms with Crippen LogP contribution in [0.25, 0.3) is 0 Å². The molecule has 1 atom stereocenters. The van der Waals surface area contributed by atoms with Crippen LogP contribution in [-0.2, 0) is 19.4 Å². The molecular weight excluding hydrogens is 324 g/mol. The van der Waals surface area contributed by atoms with Gasteiger partial charge in [-0.2, -0.15) is 0 Å². The zero-order valence-electron chi connectivity index (χ0n) is 11.8. The topological polar surface area (TPSA) is 83.6 Å². The second kappa shape index (κ2) is 5.92. The average Bonchev–Trinajstić information content (AvgIpc) is 2.81. The smallest absolute Gasteiger partial charge is 0.240 e.